The average molecular weight is 189 g/mol. The predicted molar refractivity (Wildman–Crippen MR) is 55.6 cm³/mol. The number of fused-ring (bicyclic) bond motifs is 1. The molecule has 0 radical (unpaired) electrons. The summed E-state index contributed by atoms with van der Waals surface area (Å²) in [6, 6.07) is 7.63. The van der Waals surface area contributed by atoms with Crippen molar-refractivity contribution in [2.75, 3.05) is 0 Å². The lowest BCUT2D eigenvalue weighted by Crippen LogP contribution is -1.63. The molecule has 1 heterocycles. The number of hydrogen-bond donors (Lipinski definition) is 0. The van der Waals surface area contributed by atoms with Crippen LogP contribution in [0.25, 0.3) is 11.0 Å². The van der Waals surface area contributed by atoms with Crippen molar-refractivity contribution in [2.45, 2.75) is 6.92 Å². The van der Waals surface area contributed by atoms with E-state index in [2.05, 4.69) is 22.4 Å². The third kappa shape index (κ3) is 1.52. The van der Waals surface area contributed by atoms with E-state index in [4.69, 9.17) is 4.42 Å². The number of benzene rings is 1. The minimum atomic E-state index is 0.809. The van der Waals surface area contributed by atoms with Crippen LogP contribution >= 0.6 is 12.2 Å². The van der Waals surface area contributed by atoms with Gasteiger partial charge in [0, 0.05) is 5.39 Å². The Bertz CT molecular complexity index is 495. The largest absolute Gasteiger partial charge is 0.461 e. The molecule has 0 spiro atoms. The molecule has 0 unspecified atom stereocenters. The molecular formula is C10H7NOS. The number of rotatable bonds is 1. The molecule has 13 heavy (non-hydrogen) atoms. The van der Waals surface area contributed by atoms with E-state index in [9.17, 15) is 0 Å². The van der Waals surface area contributed by atoms with E-state index in [-0.39, 0.29) is 0 Å². The summed E-state index contributed by atoms with van der Waals surface area (Å²) < 4.78 is 5.41. The van der Waals surface area contributed by atoms with Gasteiger partial charge in [-0.25, -0.2) is 0 Å². The van der Waals surface area contributed by atoms with Crippen molar-refractivity contribution in [3.05, 3.63) is 30.0 Å². The molecule has 2 rings (SSSR count). The molecule has 0 amide bonds. The summed E-state index contributed by atoms with van der Waals surface area (Å²) in [4.78, 5) is 3.89. The van der Waals surface area contributed by atoms with Crippen molar-refractivity contribution in [1.29, 1.82) is 0 Å². The van der Waals surface area contributed by atoms with Crippen LogP contribution in [0.3, 0.4) is 0 Å². The van der Waals surface area contributed by atoms with Crippen LogP contribution in [-0.4, -0.2) is 5.16 Å². The highest BCUT2D eigenvalue weighted by Crippen LogP contribution is 2.23. The van der Waals surface area contributed by atoms with Crippen LogP contribution in [-0.2, 0) is 0 Å². The summed E-state index contributed by atoms with van der Waals surface area (Å²) in [5.74, 6) is 0.901. The van der Waals surface area contributed by atoms with Crippen molar-refractivity contribution in [3.63, 3.8) is 0 Å². The van der Waals surface area contributed by atoms with Crippen molar-refractivity contribution >= 4 is 34.0 Å². The van der Waals surface area contributed by atoms with Gasteiger partial charge in [0.15, 0.2) is 0 Å². The lowest BCUT2D eigenvalue weighted by atomic mass is 10.2. The Labute approximate surface area is 80.9 Å². The Kier molecular flexibility index (Phi) is 1.97. The molecule has 3 heteroatoms. The maximum atomic E-state index is 5.41. The van der Waals surface area contributed by atoms with Gasteiger partial charge in [0.1, 0.15) is 11.3 Å². The quantitative estimate of drug-likeness (QED) is 0.507. The zero-order valence-electron chi connectivity index (χ0n) is 7.07. The number of furan rings is 1. The van der Waals surface area contributed by atoms with Gasteiger partial charge in [0.05, 0.1) is 10.8 Å². The number of hydrogen-bond acceptors (Lipinski definition) is 3. The normalized spacial score (nSPS) is 9.92. The minimum absolute atomic E-state index is 0.809. The molecule has 0 aliphatic rings. The van der Waals surface area contributed by atoms with E-state index >= 15 is 0 Å². The van der Waals surface area contributed by atoms with E-state index in [0.29, 0.717) is 0 Å². The highest BCUT2D eigenvalue weighted by molar-refractivity contribution is 7.78. The van der Waals surface area contributed by atoms with Crippen molar-refractivity contribution < 1.29 is 4.42 Å². The second-order valence-corrected chi connectivity index (χ2v) is 2.96. The van der Waals surface area contributed by atoms with E-state index in [0.717, 1.165) is 22.4 Å². The number of nitrogens with zero attached hydrogens (tertiary/aromatic N) is 1. The Balaban J connectivity index is 2.67. The molecule has 0 fully saturated rings. The van der Waals surface area contributed by atoms with Gasteiger partial charge in [-0.05, 0) is 43.4 Å². The van der Waals surface area contributed by atoms with E-state index in [1.54, 1.807) is 0 Å². The van der Waals surface area contributed by atoms with Gasteiger partial charge in [0.2, 0.25) is 0 Å². The maximum Gasteiger partial charge on any atom is 0.134 e. The van der Waals surface area contributed by atoms with Crippen LogP contribution < -0.4 is 0 Å². The Morgan fingerprint density at radius 1 is 1.38 bits per heavy atom. The zero-order valence-corrected chi connectivity index (χ0v) is 7.89. The summed E-state index contributed by atoms with van der Waals surface area (Å²) in [6.07, 6.45) is 0. The van der Waals surface area contributed by atoms with Crippen molar-refractivity contribution in [2.24, 2.45) is 4.99 Å². The molecule has 2 aromatic rings. The summed E-state index contributed by atoms with van der Waals surface area (Å²) in [5.41, 5.74) is 1.68. The summed E-state index contributed by atoms with van der Waals surface area (Å²) in [6.45, 7) is 1.92. The third-order valence-corrected chi connectivity index (χ3v) is 1.89. The van der Waals surface area contributed by atoms with E-state index in [1.165, 1.54) is 0 Å². The monoisotopic (exact) mass is 189 g/mol. The topological polar surface area (TPSA) is 25.5 Å². The first kappa shape index (κ1) is 8.17. The van der Waals surface area contributed by atoms with Crippen molar-refractivity contribution in [1.82, 2.24) is 0 Å². The summed E-state index contributed by atoms with van der Waals surface area (Å²) in [5, 5.41) is 3.38. The maximum absolute atomic E-state index is 5.41. The van der Waals surface area contributed by atoms with Gasteiger partial charge >= 0.3 is 0 Å². The molecule has 1 aromatic heterocycles. The Morgan fingerprint density at radius 3 is 3.00 bits per heavy atom. The van der Waals surface area contributed by atoms with Crippen LogP contribution in [0.15, 0.2) is 33.7 Å². The van der Waals surface area contributed by atoms with E-state index < -0.39 is 0 Å². The number of thiocarbonyl (C=S) groups is 1. The molecular weight excluding hydrogens is 182 g/mol. The molecule has 0 N–H and O–H groups in total. The van der Waals surface area contributed by atoms with Gasteiger partial charge in [0.25, 0.3) is 0 Å². The van der Waals surface area contributed by atoms with Gasteiger partial charge in [-0.3, -0.25) is 0 Å². The lowest BCUT2D eigenvalue weighted by molar-refractivity contribution is 0.578. The minimum Gasteiger partial charge on any atom is -0.461 e. The summed E-state index contributed by atoms with van der Waals surface area (Å²) in [7, 11) is 0. The highest BCUT2D eigenvalue weighted by Gasteiger charge is 1.99. The van der Waals surface area contributed by atoms with Gasteiger partial charge < -0.3 is 4.42 Å². The molecule has 0 aliphatic heterocycles. The second-order valence-electron chi connectivity index (χ2n) is 2.78. The van der Waals surface area contributed by atoms with Crippen LogP contribution in [0, 0.1) is 6.92 Å². The van der Waals surface area contributed by atoms with Crippen LogP contribution in [0.4, 0.5) is 5.69 Å². The molecule has 0 saturated heterocycles. The smallest absolute Gasteiger partial charge is 0.134 e. The van der Waals surface area contributed by atoms with Crippen LogP contribution in [0.1, 0.15) is 5.76 Å². The second kappa shape index (κ2) is 3.13. The van der Waals surface area contributed by atoms with Crippen LogP contribution in [0.2, 0.25) is 0 Å². The number of isothiocyanates is 1. The molecule has 0 aliphatic carbocycles. The Hall–Kier alpha value is -1.44. The predicted octanol–water partition coefficient (Wildman–Crippen LogP) is 3.48. The fourth-order valence-corrected chi connectivity index (χ4v) is 1.39. The first-order valence-electron chi connectivity index (χ1n) is 3.87. The fraction of sp³-hybridized carbons (Fsp3) is 0.100. The zero-order chi connectivity index (χ0) is 9.26. The van der Waals surface area contributed by atoms with Gasteiger partial charge in [-0.15, -0.1) is 0 Å². The summed E-state index contributed by atoms with van der Waals surface area (Å²) >= 11 is 4.52. The molecule has 0 atom stereocenters. The molecule has 64 valence electrons. The number of aryl methyl sites for hydroxylation is 1. The molecule has 0 saturated carbocycles. The lowest BCUT2D eigenvalue weighted by Gasteiger charge is -1.89. The SMILES string of the molecule is Cc1cc2cc(N=C=S)ccc2o1. The van der Waals surface area contributed by atoms with Crippen molar-refractivity contribution in [3.8, 4) is 0 Å². The molecule has 0 bridgehead atoms. The Morgan fingerprint density at radius 2 is 2.23 bits per heavy atom. The fourth-order valence-electron chi connectivity index (χ4n) is 1.29. The first-order chi connectivity index (χ1) is 6.29. The van der Waals surface area contributed by atoms with Crippen LogP contribution in [0.5, 0.6) is 0 Å². The standard InChI is InChI=1S/C10H7NOS/c1-7-4-8-5-9(11-6-13)2-3-10(8)12-7/h2-5H,1H3. The third-order valence-electron chi connectivity index (χ3n) is 1.80. The van der Waals surface area contributed by atoms with Gasteiger partial charge in [-0.2, -0.15) is 4.99 Å². The van der Waals surface area contributed by atoms with Gasteiger partial charge in [-0.1, -0.05) is 0 Å². The van der Waals surface area contributed by atoms with E-state index in [1.807, 2.05) is 31.2 Å². The highest BCUT2D eigenvalue weighted by atomic mass is 32.1. The first-order valence-corrected chi connectivity index (χ1v) is 4.28. The number of aliphatic imine (C=N–C) groups is 1. The molecule has 1 aromatic carbocycles. The molecule has 2 nitrogen and oxygen atoms in total. The average Bonchev–Trinajstić information content (AvgIpc) is 2.44.